The summed E-state index contributed by atoms with van der Waals surface area (Å²) in [6, 6.07) is 7.73. The van der Waals surface area contributed by atoms with Gasteiger partial charge in [0, 0.05) is 19.2 Å². The molecule has 168 valence electrons. The van der Waals surface area contributed by atoms with E-state index in [1.807, 2.05) is 6.92 Å². The monoisotopic (exact) mass is 462 g/mol. The van der Waals surface area contributed by atoms with Gasteiger partial charge in [-0.3, -0.25) is 19.3 Å². The predicted octanol–water partition coefficient (Wildman–Crippen LogP) is 3.84. The number of nitrogens with one attached hydrogen (secondary N) is 1. The van der Waals surface area contributed by atoms with Crippen LogP contribution in [0, 0.1) is 11.6 Å². The molecule has 2 aromatic carbocycles. The van der Waals surface area contributed by atoms with E-state index >= 15 is 0 Å². The Morgan fingerprint density at radius 2 is 1.94 bits per heavy atom. The lowest BCUT2D eigenvalue weighted by Gasteiger charge is -2.13. The molecule has 1 aliphatic heterocycles. The van der Waals surface area contributed by atoms with Crippen LogP contribution in [0.1, 0.15) is 22.8 Å². The van der Waals surface area contributed by atoms with Gasteiger partial charge < -0.3 is 14.8 Å². The number of benzene rings is 2. The van der Waals surface area contributed by atoms with Crippen LogP contribution in [0.15, 0.2) is 41.3 Å². The minimum absolute atomic E-state index is 0.0855. The maximum Gasteiger partial charge on any atom is 0.293 e. The van der Waals surface area contributed by atoms with Crippen molar-refractivity contribution in [3.8, 4) is 11.5 Å². The number of nitrogens with zero attached hydrogens (tertiary/aromatic N) is 1. The number of amides is 3. The van der Waals surface area contributed by atoms with Crippen molar-refractivity contribution in [2.45, 2.75) is 6.92 Å². The molecule has 1 saturated heterocycles. The quantitative estimate of drug-likeness (QED) is 0.600. The summed E-state index contributed by atoms with van der Waals surface area (Å²) in [7, 11) is 1.50. The molecule has 0 aliphatic carbocycles. The molecule has 2 aromatic rings. The van der Waals surface area contributed by atoms with Crippen molar-refractivity contribution >= 4 is 34.9 Å². The maximum absolute atomic E-state index is 13.7. The molecular weight excluding hydrogens is 442 g/mol. The molecule has 3 amide bonds. The molecule has 0 aromatic heterocycles. The lowest BCUT2D eigenvalue weighted by atomic mass is 10.2. The molecular formula is C22H20F2N2O5S. The van der Waals surface area contributed by atoms with Crippen molar-refractivity contribution in [3.63, 3.8) is 0 Å². The summed E-state index contributed by atoms with van der Waals surface area (Å²) in [5, 5.41) is 1.93. The highest BCUT2D eigenvalue weighted by Crippen LogP contribution is 2.34. The van der Waals surface area contributed by atoms with Gasteiger partial charge in [-0.05, 0) is 54.6 Å². The highest BCUT2D eigenvalue weighted by atomic mass is 32.2. The van der Waals surface area contributed by atoms with Crippen molar-refractivity contribution in [1.29, 1.82) is 0 Å². The third-order valence-electron chi connectivity index (χ3n) is 4.46. The van der Waals surface area contributed by atoms with E-state index < -0.39 is 28.7 Å². The second-order valence-corrected chi connectivity index (χ2v) is 7.55. The molecule has 0 bridgehead atoms. The summed E-state index contributed by atoms with van der Waals surface area (Å²) >= 11 is 0.776. The molecule has 7 nitrogen and oxygen atoms in total. The van der Waals surface area contributed by atoms with Gasteiger partial charge in [-0.2, -0.15) is 0 Å². The fourth-order valence-corrected chi connectivity index (χ4v) is 3.81. The molecule has 1 heterocycles. The number of rotatable bonds is 8. The predicted molar refractivity (Wildman–Crippen MR) is 116 cm³/mol. The molecule has 0 spiro atoms. The van der Waals surface area contributed by atoms with Gasteiger partial charge in [0.2, 0.25) is 0 Å². The minimum Gasteiger partial charge on any atom is -0.493 e. The minimum atomic E-state index is -0.998. The fourth-order valence-electron chi connectivity index (χ4n) is 2.94. The van der Waals surface area contributed by atoms with Crippen LogP contribution in [0.3, 0.4) is 0 Å². The second kappa shape index (κ2) is 10.3. The molecule has 0 unspecified atom stereocenters. The zero-order valence-electron chi connectivity index (χ0n) is 17.3. The molecule has 1 fully saturated rings. The average molecular weight is 462 g/mol. The molecule has 3 rings (SSSR count). The van der Waals surface area contributed by atoms with Crippen molar-refractivity contribution < 1.29 is 32.6 Å². The summed E-state index contributed by atoms with van der Waals surface area (Å²) in [4.78, 5) is 38.1. The van der Waals surface area contributed by atoms with E-state index in [-0.39, 0.29) is 23.6 Å². The summed E-state index contributed by atoms with van der Waals surface area (Å²) in [5.41, 5.74) is 0.320. The van der Waals surface area contributed by atoms with Crippen molar-refractivity contribution in [2.24, 2.45) is 0 Å². The lowest BCUT2D eigenvalue weighted by Crippen LogP contribution is -2.37. The van der Waals surface area contributed by atoms with Gasteiger partial charge in [-0.15, -0.1) is 0 Å². The molecule has 0 atom stereocenters. The lowest BCUT2D eigenvalue weighted by molar-refractivity contribution is -0.122. The van der Waals surface area contributed by atoms with Gasteiger partial charge in [-0.1, -0.05) is 6.07 Å². The first-order chi connectivity index (χ1) is 15.3. The van der Waals surface area contributed by atoms with E-state index in [1.54, 1.807) is 24.3 Å². The topological polar surface area (TPSA) is 84.9 Å². The van der Waals surface area contributed by atoms with Gasteiger partial charge in [0.05, 0.1) is 24.2 Å². The van der Waals surface area contributed by atoms with E-state index in [0.717, 1.165) is 28.8 Å². The Bertz CT molecular complexity index is 1090. The summed E-state index contributed by atoms with van der Waals surface area (Å²) < 4.78 is 37.4. The molecule has 10 heteroatoms. The summed E-state index contributed by atoms with van der Waals surface area (Å²) in [5.74, 6) is -2.01. The summed E-state index contributed by atoms with van der Waals surface area (Å²) in [6.07, 6.45) is 1.57. The number of methoxy groups -OCH3 is 1. The number of halogens is 2. The Morgan fingerprint density at radius 1 is 1.16 bits per heavy atom. The Kier molecular flexibility index (Phi) is 7.47. The Balaban J connectivity index is 1.64. The van der Waals surface area contributed by atoms with E-state index in [1.165, 1.54) is 7.11 Å². The third kappa shape index (κ3) is 5.25. The van der Waals surface area contributed by atoms with Gasteiger partial charge in [0.25, 0.3) is 17.1 Å². The molecule has 32 heavy (non-hydrogen) atoms. The zero-order chi connectivity index (χ0) is 23.3. The Hall–Kier alpha value is -3.40. The van der Waals surface area contributed by atoms with Crippen LogP contribution < -0.4 is 14.8 Å². The van der Waals surface area contributed by atoms with Crippen LogP contribution in [-0.4, -0.2) is 48.8 Å². The number of hydrogen-bond donors (Lipinski definition) is 1. The standard InChI is InChI=1S/C22H20F2N2O5S/c1-3-31-17-7-4-13(10-18(17)30-2)11-19-21(28)26(22(29)32-19)9-8-25-20(27)15-6-5-14(23)12-16(15)24/h4-7,10-12H,3,8-9H2,1-2H3,(H,25,27)/b19-11-. The van der Waals surface area contributed by atoms with Crippen LogP contribution in [0.25, 0.3) is 6.08 Å². The van der Waals surface area contributed by atoms with Crippen LogP contribution >= 0.6 is 11.8 Å². The number of imide groups is 1. The second-order valence-electron chi connectivity index (χ2n) is 6.56. The fraction of sp³-hybridized carbons (Fsp3) is 0.227. The first kappa shape index (κ1) is 23.3. The zero-order valence-corrected chi connectivity index (χ0v) is 18.1. The smallest absolute Gasteiger partial charge is 0.293 e. The first-order valence-electron chi connectivity index (χ1n) is 9.63. The number of ether oxygens (including phenoxy) is 2. The van der Waals surface area contributed by atoms with Crippen molar-refractivity contribution in [2.75, 3.05) is 26.8 Å². The third-order valence-corrected chi connectivity index (χ3v) is 5.36. The van der Waals surface area contributed by atoms with Gasteiger partial charge >= 0.3 is 0 Å². The number of carbonyl (C=O) groups is 3. The average Bonchev–Trinajstić information content (AvgIpc) is 3.02. The van der Waals surface area contributed by atoms with E-state index in [9.17, 15) is 23.2 Å². The van der Waals surface area contributed by atoms with Crippen molar-refractivity contribution in [3.05, 3.63) is 64.1 Å². The van der Waals surface area contributed by atoms with Crippen LogP contribution in [0.2, 0.25) is 0 Å². The van der Waals surface area contributed by atoms with E-state index in [0.29, 0.717) is 29.7 Å². The Morgan fingerprint density at radius 3 is 2.62 bits per heavy atom. The number of thioether (sulfide) groups is 1. The maximum atomic E-state index is 13.7. The normalized spacial score (nSPS) is 14.8. The largest absolute Gasteiger partial charge is 0.493 e. The highest BCUT2D eigenvalue weighted by molar-refractivity contribution is 8.18. The van der Waals surface area contributed by atoms with Crippen LogP contribution in [0.4, 0.5) is 13.6 Å². The highest BCUT2D eigenvalue weighted by Gasteiger charge is 2.34. The molecule has 1 N–H and O–H groups in total. The number of hydrogen-bond acceptors (Lipinski definition) is 6. The van der Waals surface area contributed by atoms with E-state index in [2.05, 4.69) is 5.32 Å². The first-order valence-corrected chi connectivity index (χ1v) is 10.4. The molecule has 1 aliphatic rings. The van der Waals surface area contributed by atoms with Crippen molar-refractivity contribution in [1.82, 2.24) is 10.2 Å². The van der Waals surface area contributed by atoms with Gasteiger partial charge in [0.1, 0.15) is 11.6 Å². The van der Waals surface area contributed by atoms with Crippen LogP contribution in [-0.2, 0) is 4.79 Å². The van der Waals surface area contributed by atoms with E-state index in [4.69, 9.17) is 9.47 Å². The van der Waals surface area contributed by atoms with Crippen LogP contribution in [0.5, 0.6) is 11.5 Å². The van der Waals surface area contributed by atoms with Gasteiger partial charge in [0.15, 0.2) is 11.5 Å². The molecule has 0 radical (unpaired) electrons. The SMILES string of the molecule is CCOc1ccc(/C=C2\SC(=O)N(CCNC(=O)c3ccc(F)cc3F)C2=O)cc1OC. The Labute approximate surface area is 187 Å². The van der Waals surface area contributed by atoms with Gasteiger partial charge in [-0.25, -0.2) is 8.78 Å². The molecule has 0 saturated carbocycles. The summed E-state index contributed by atoms with van der Waals surface area (Å²) in [6.45, 7) is 2.14. The number of carbonyl (C=O) groups excluding carboxylic acids is 3.